The van der Waals surface area contributed by atoms with Crippen LogP contribution >= 0.6 is 0 Å². The quantitative estimate of drug-likeness (QED) is 0.870. The molecular weight excluding hydrogens is 274 g/mol. The van der Waals surface area contributed by atoms with Gasteiger partial charge in [-0.3, -0.25) is 4.79 Å². The Morgan fingerprint density at radius 3 is 2.64 bits per heavy atom. The van der Waals surface area contributed by atoms with E-state index in [4.69, 9.17) is 4.74 Å². The highest BCUT2D eigenvalue weighted by Crippen LogP contribution is 2.25. The number of hydrogen-bond acceptors (Lipinski definition) is 2. The molecule has 2 aromatic carbocycles. The van der Waals surface area contributed by atoms with E-state index >= 15 is 0 Å². The van der Waals surface area contributed by atoms with Gasteiger partial charge in [-0.1, -0.05) is 54.6 Å². The van der Waals surface area contributed by atoms with Gasteiger partial charge in [0.15, 0.2) is 0 Å². The summed E-state index contributed by atoms with van der Waals surface area (Å²) in [4.78, 5) is 14.7. The maximum Gasteiger partial charge on any atom is 0.227 e. The Hall–Kier alpha value is -2.13. The van der Waals surface area contributed by atoms with Crippen LogP contribution in [0.2, 0.25) is 0 Å². The van der Waals surface area contributed by atoms with E-state index in [1.54, 1.807) is 0 Å². The maximum atomic E-state index is 12.8. The normalized spacial score (nSPS) is 18.2. The first-order valence-electron chi connectivity index (χ1n) is 7.72. The molecule has 0 aliphatic carbocycles. The average molecular weight is 295 g/mol. The number of ether oxygens (including phenoxy) is 1. The van der Waals surface area contributed by atoms with Gasteiger partial charge in [-0.15, -0.1) is 0 Å². The predicted octanol–water partition coefficient (Wildman–Crippen LogP) is 3.14. The number of carbonyl (C=O) groups is 1. The van der Waals surface area contributed by atoms with E-state index in [0.717, 1.165) is 11.1 Å². The molecule has 1 atom stereocenters. The summed E-state index contributed by atoms with van der Waals surface area (Å²) in [6.45, 7) is 3.90. The Labute approximate surface area is 131 Å². The van der Waals surface area contributed by atoms with Gasteiger partial charge in [-0.05, 0) is 23.6 Å². The van der Waals surface area contributed by atoms with Crippen molar-refractivity contribution in [2.24, 2.45) is 0 Å². The van der Waals surface area contributed by atoms with Crippen LogP contribution in [0.15, 0.2) is 54.6 Å². The third-order valence-corrected chi connectivity index (χ3v) is 4.24. The zero-order valence-electron chi connectivity index (χ0n) is 12.9. The van der Waals surface area contributed by atoms with Gasteiger partial charge in [0, 0.05) is 6.54 Å². The molecule has 1 unspecified atom stereocenters. The molecule has 1 amide bonds. The highest BCUT2D eigenvalue weighted by molar-refractivity contribution is 5.79. The molecular formula is C19H21NO2. The Morgan fingerprint density at radius 2 is 1.86 bits per heavy atom. The predicted molar refractivity (Wildman–Crippen MR) is 86.6 cm³/mol. The van der Waals surface area contributed by atoms with Gasteiger partial charge >= 0.3 is 0 Å². The van der Waals surface area contributed by atoms with Crippen molar-refractivity contribution in [3.05, 3.63) is 71.3 Å². The van der Waals surface area contributed by atoms with Crippen molar-refractivity contribution in [2.45, 2.75) is 19.4 Å². The molecule has 1 fully saturated rings. The molecule has 0 saturated carbocycles. The van der Waals surface area contributed by atoms with Crippen molar-refractivity contribution >= 4 is 5.91 Å². The minimum atomic E-state index is 0.0199. The molecule has 2 aromatic rings. The number of hydrogen-bond donors (Lipinski definition) is 0. The van der Waals surface area contributed by atoms with Gasteiger partial charge in [-0.25, -0.2) is 0 Å². The number of amides is 1. The van der Waals surface area contributed by atoms with Crippen LogP contribution in [0, 0.1) is 6.92 Å². The zero-order chi connectivity index (χ0) is 15.4. The van der Waals surface area contributed by atoms with E-state index in [0.29, 0.717) is 26.2 Å². The fourth-order valence-electron chi connectivity index (χ4n) is 2.93. The van der Waals surface area contributed by atoms with E-state index in [2.05, 4.69) is 25.1 Å². The van der Waals surface area contributed by atoms with Gasteiger partial charge < -0.3 is 9.64 Å². The molecule has 3 heteroatoms. The third kappa shape index (κ3) is 3.20. The molecule has 1 saturated heterocycles. The van der Waals surface area contributed by atoms with Crippen LogP contribution in [0.1, 0.15) is 22.7 Å². The molecule has 22 heavy (non-hydrogen) atoms. The van der Waals surface area contributed by atoms with Crippen molar-refractivity contribution in [2.75, 3.05) is 19.8 Å². The SMILES string of the molecule is Cc1ccccc1CC(=O)N1CCOCC1c1ccccc1. The smallest absolute Gasteiger partial charge is 0.227 e. The minimum absolute atomic E-state index is 0.0199. The molecule has 114 valence electrons. The highest BCUT2D eigenvalue weighted by atomic mass is 16.5. The van der Waals surface area contributed by atoms with E-state index < -0.39 is 0 Å². The van der Waals surface area contributed by atoms with E-state index in [-0.39, 0.29) is 11.9 Å². The first-order chi connectivity index (χ1) is 10.8. The average Bonchev–Trinajstić information content (AvgIpc) is 2.58. The molecule has 1 aliphatic rings. The van der Waals surface area contributed by atoms with Gasteiger partial charge in [0.2, 0.25) is 5.91 Å². The second-order valence-electron chi connectivity index (χ2n) is 5.69. The van der Waals surface area contributed by atoms with E-state index in [1.165, 1.54) is 5.56 Å². The Kier molecular flexibility index (Phi) is 4.54. The first-order valence-corrected chi connectivity index (χ1v) is 7.72. The molecule has 0 radical (unpaired) electrons. The van der Waals surface area contributed by atoms with Gasteiger partial charge in [-0.2, -0.15) is 0 Å². The summed E-state index contributed by atoms with van der Waals surface area (Å²) in [5.74, 6) is 0.173. The lowest BCUT2D eigenvalue weighted by Crippen LogP contribution is -2.44. The molecule has 1 aliphatic heterocycles. The van der Waals surface area contributed by atoms with Crippen LogP contribution < -0.4 is 0 Å². The van der Waals surface area contributed by atoms with E-state index in [9.17, 15) is 4.79 Å². The zero-order valence-corrected chi connectivity index (χ0v) is 12.9. The summed E-state index contributed by atoms with van der Waals surface area (Å²) in [6, 6.07) is 18.2. The molecule has 3 rings (SSSR count). The summed E-state index contributed by atoms with van der Waals surface area (Å²) in [5, 5.41) is 0. The highest BCUT2D eigenvalue weighted by Gasteiger charge is 2.28. The number of aryl methyl sites for hydroxylation is 1. The molecule has 0 bridgehead atoms. The second kappa shape index (κ2) is 6.75. The lowest BCUT2D eigenvalue weighted by atomic mass is 10.0. The number of benzene rings is 2. The summed E-state index contributed by atoms with van der Waals surface area (Å²) in [5.41, 5.74) is 3.41. The van der Waals surface area contributed by atoms with Crippen LogP contribution in [0.3, 0.4) is 0 Å². The van der Waals surface area contributed by atoms with Crippen molar-refractivity contribution < 1.29 is 9.53 Å². The standard InChI is InChI=1S/C19H21NO2/c1-15-7-5-6-10-17(15)13-19(21)20-11-12-22-14-18(20)16-8-3-2-4-9-16/h2-10,18H,11-14H2,1H3. The summed E-state index contributed by atoms with van der Waals surface area (Å²) in [6.07, 6.45) is 0.454. The minimum Gasteiger partial charge on any atom is -0.377 e. The lowest BCUT2D eigenvalue weighted by Gasteiger charge is -2.36. The molecule has 3 nitrogen and oxygen atoms in total. The Balaban J connectivity index is 1.79. The topological polar surface area (TPSA) is 29.5 Å². The first kappa shape index (κ1) is 14.8. The summed E-state index contributed by atoms with van der Waals surface area (Å²) < 4.78 is 5.60. The molecule has 0 spiro atoms. The van der Waals surface area contributed by atoms with E-state index in [1.807, 2.05) is 41.3 Å². The van der Waals surface area contributed by atoms with Crippen LogP contribution in [0.5, 0.6) is 0 Å². The van der Waals surface area contributed by atoms with Crippen LogP contribution in [-0.4, -0.2) is 30.6 Å². The summed E-state index contributed by atoms with van der Waals surface area (Å²) in [7, 11) is 0. The summed E-state index contributed by atoms with van der Waals surface area (Å²) >= 11 is 0. The van der Waals surface area contributed by atoms with Crippen molar-refractivity contribution in [1.82, 2.24) is 4.90 Å². The number of nitrogens with zero attached hydrogens (tertiary/aromatic N) is 1. The number of carbonyl (C=O) groups excluding carboxylic acids is 1. The molecule has 0 aromatic heterocycles. The molecule has 0 N–H and O–H groups in total. The van der Waals surface area contributed by atoms with Crippen molar-refractivity contribution in [3.8, 4) is 0 Å². The van der Waals surface area contributed by atoms with Crippen LogP contribution in [0.4, 0.5) is 0 Å². The molecule has 1 heterocycles. The lowest BCUT2D eigenvalue weighted by molar-refractivity contribution is -0.139. The second-order valence-corrected chi connectivity index (χ2v) is 5.69. The largest absolute Gasteiger partial charge is 0.377 e. The van der Waals surface area contributed by atoms with Crippen LogP contribution in [0.25, 0.3) is 0 Å². The van der Waals surface area contributed by atoms with Gasteiger partial charge in [0.05, 0.1) is 25.7 Å². The van der Waals surface area contributed by atoms with Crippen molar-refractivity contribution in [1.29, 1.82) is 0 Å². The monoisotopic (exact) mass is 295 g/mol. The maximum absolute atomic E-state index is 12.8. The van der Waals surface area contributed by atoms with Crippen molar-refractivity contribution in [3.63, 3.8) is 0 Å². The number of morpholine rings is 1. The fourth-order valence-corrected chi connectivity index (χ4v) is 2.93. The van der Waals surface area contributed by atoms with Crippen LogP contribution in [-0.2, 0) is 16.0 Å². The fraction of sp³-hybridized carbons (Fsp3) is 0.316. The van der Waals surface area contributed by atoms with Gasteiger partial charge in [0.25, 0.3) is 0 Å². The Bertz CT molecular complexity index is 639. The third-order valence-electron chi connectivity index (χ3n) is 4.24. The number of rotatable bonds is 3. The Morgan fingerprint density at radius 1 is 1.14 bits per heavy atom. The van der Waals surface area contributed by atoms with Gasteiger partial charge in [0.1, 0.15) is 0 Å².